The minimum atomic E-state index is -0.277. The highest BCUT2D eigenvalue weighted by atomic mass is 79.9. The Morgan fingerprint density at radius 3 is 2.03 bits per heavy atom. The van der Waals surface area contributed by atoms with Crippen molar-refractivity contribution in [1.29, 1.82) is 0 Å². The Morgan fingerprint density at radius 1 is 0.971 bits per heavy atom. The SMILES string of the molecule is CC(Cc1ccc(CC(C)(C)C)cc1Br)C(=O)Cl.CC1Cc2c(Br)cc(CC(C)(C)C)cc2C1=O. The van der Waals surface area contributed by atoms with Gasteiger partial charge in [0.1, 0.15) is 0 Å². The molecule has 0 bridgehead atoms. The first-order valence-corrected chi connectivity index (χ1v) is 14.3. The van der Waals surface area contributed by atoms with E-state index >= 15 is 0 Å². The summed E-state index contributed by atoms with van der Waals surface area (Å²) in [5, 5.41) is -0.277. The average molecular weight is 627 g/mol. The van der Waals surface area contributed by atoms with Gasteiger partial charge in [0.05, 0.1) is 0 Å². The van der Waals surface area contributed by atoms with Gasteiger partial charge in [-0.3, -0.25) is 9.59 Å². The maximum Gasteiger partial charge on any atom is 0.224 e. The maximum absolute atomic E-state index is 12.0. The van der Waals surface area contributed by atoms with Crippen molar-refractivity contribution in [3.05, 3.63) is 67.1 Å². The van der Waals surface area contributed by atoms with Crippen molar-refractivity contribution in [3.63, 3.8) is 0 Å². The highest BCUT2D eigenvalue weighted by molar-refractivity contribution is 9.10. The number of hydrogen-bond donors (Lipinski definition) is 0. The summed E-state index contributed by atoms with van der Waals surface area (Å²) >= 11 is 12.7. The summed E-state index contributed by atoms with van der Waals surface area (Å²) < 4.78 is 2.17. The monoisotopic (exact) mass is 624 g/mol. The molecule has 35 heavy (non-hydrogen) atoms. The van der Waals surface area contributed by atoms with Crippen LogP contribution in [0.2, 0.25) is 0 Å². The summed E-state index contributed by atoms with van der Waals surface area (Å²) in [5.41, 5.74) is 6.36. The Kier molecular flexibility index (Phi) is 10.4. The molecule has 0 amide bonds. The first-order valence-electron chi connectivity index (χ1n) is 12.3. The Hall–Kier alpha value is -0.970. The fourth-order valence-corrected chi connectivity index (χ4v) is 5.72. The van der Waals surface area contributed by atoms with Gasteiger partial charge in [-0.1, -0.05) is 99.4 Å². The zero-order valence-corrected chi connectivity index (χ0v) is 26.2. The number of Topliss-reactive ketones (excluding diaryl/α,β-unsaturated/α-hetero) is 1. The van der Waals surface area contributed by atoms with Crippen molar-refractivity contribution in [2.75, 3.05) is 0 Å². The smallest absolute Gasteiger partial charge is 0.224 e. The summed E-state index contributed by atoms with van der Waals surface area (Å²) in [6, 6.07) is 10.6. The Labute approximate surface area is 233 Å². The number of benzene rings is 2. The third-order valence-electron chi connectivity index (χ3n) is 5.98. The predicted octanol–water partition coefficient (Wildman–Crippen LogP) is 9.39. The fourth-order valence-electron chi connectivity index (χ4n) is 4.39. The molecule has 0 aromatic heterocycles. The van der Waals surface area contributed by atoms with Crippen LogP contribution in [0.1, 0.15) is 88.0 Å². The number of fused-ring (bicyclic) bond motifs is 1. The van der Waals surface area contributed by atoms with Crippen molar-refractivity contribution >= 4 is 54.5 Å². The van der Waals surface area contributed by atoms with Gasteiger partial charge in [-0.2, -0.15) is 0 Å². The van der Waals surface area contributed by atoms with Gasteiger partial charge in [0.25, 0.3) is 0 Å². The molecule has 0 radical (unpaired) electrons. The lowest BCUT2D eigenvalue weighted by atomic mass is 9.87. The number of hydrogen-bond acceptors (Lipinski definition) is 2. The van der Waals surface area contributed by atoms with Gasteiger partial charge in [0, 0.05) is 26.3 Å². The maximum atomic E-state index is 12.0. The number of carbonyl (C=O) groups is 2. The van der Waals surface area contributed by atoms with Crippen LogP contribution < -0.4 is 0 Å². The van der Waals surface area contributed by atoms with Crippen LogP contribution in [0.15, 0.2) is 39.3 Å². The second kappa shape index (κ2) is 12.0. The van der Waals surface area contributed by atoms with Crippen molar-refractivity contribution in [2.24, 2.45) is 22.7 Å². The molecule has 0 saturated carbocycles. The first kappa shape index (κ1) is 30.3. The molecule has 0 saturated heterocycles. The number of carbonyl (C=O) groups excluding carboxylic acids is 2. The molecule has 0 aliphatic heterocycles. The summed E-state index contributed by atoms with van der Waals surface area (Å²) in [6.45, 7) is 17.2. The van der Waals surface area contributed by atoms with Crippen molar-refractivity contribution in [1.82, 2.24) is 0 Å². The molecule has 0 fully saturated rings. The molecule has 0 spiro atoms. The Morgan fingerprint density at radius 2 is 1.51 bits per heavy atom. The van der Waals surface area contributed by atoms with E-state index in [0.717, 1.165) is 39.3 Å². The zero-order valence-electron chi connectivity index (χ0n) is 22.3. The third-order valence-corrected chi connectivity index (χ3v) is 7.80. The van der Waals surface area contributed by atoms with E-state index in [1.165, 1.54) is 16.7 Å². The summed E-state index contributed by atoms with van der Waals surface area (Å²) in [5.74, 6) is 0.305. The normalized spacial score (nSPS) is 16.4. The van der Waals surface area contributed by atoms with Crippen LogP contribution in [-0.2, 0) is 30.5 Å². The topological polar surface area (TPSA) is 34.1 Å². The quantitative estimate of drug-likeness (QED) is 0.310. The van der Waals surface area contributed by atoms with Crippen molar-refractivity contribution in [3.8, 4) is 0 Å². The average Bonchev–Trinajstić information content (AvgIpc) is 2.97. The van der Waals surface area contributed by atoms with Crippen molar-refractivity contribution in [2.45, 2.75) is 81.1 Å². The van der Waals surface area contributed by atoms with Gasteiger partial charge in [0.15, 0.2) is 5.78 Å². The van der Waals surface area contributed by atoms with Gasteiger partial charge in [-0.15, -0.1) is 0 Å². The van der Waals surface area contributed by atoms with Gasteiger partial charge >= 0.3 is 0 Å². The zero-order chi connectivity index (χ0) is 26.7. The lowest BCUT2D eigenvalue weighted by Gasteiger charge is -2.19. The lowest BCUT2D eigenvalue weighted by molar-refractivity contribution is -0.114. The van der Waals surface area contributed by atoms with E-state index in [4.69, 9.17) is 11.6 Å². The second-order valence-corrected chi connectivity index (χ2v) is 14.5. The van der Waals surface area contributed by atoms with E-state index in [-0.39, 0.29) is 27.9 Å². The van der Waals surface area contributed by atoms with Gasteiger partial charge in [0.2, 0.25) is 5.24 Å². The standard InChI is InChI=1S/C15H20BrClO.C15H19BrO/c1-10(14(17)18)7-12-6-5-11(8-13(12)16)9-15(2,3)4;1-9-5-11-12(14(9)17)6-10(7-13(11)16)8-15(2,3)4/h5-6,8,10H,7,9H2,1-4H3;6-7,9H,5,8H2,1-4H3. The molecular weight excluding hydrogens is 588 g/mol. The summed E-state index contributed by atoms with van der Waals surface area (Å²) in [4.78, 5) is 23.1. The third kappa shape index (κ3) is 9.44. The van der Waals surface area contributed by atoms with Crippen LogP contribution >= 0.6 is 43.5 Å². The molecule has 1 aliphatic carbocycles. The minimum absolute atomic E-state index is 0.142. The molecule has 0 N–H and O–H groups in total. The molecular formula is C30H39Br2ClO2. The molecule has 3 rings (SSSR count). The van der Waals surface area contributed by atoms with E-state index < -0.39 is 0 Å². The highest BCUT2D eigenvalue weighted by Crippen LogP contribution is 2.35. The molecule has 0 heterocycles. The fraction of sp³-hybridized carbons (Fsp3) is 0.533. The number of ketones is 1. The van der Waals surface area contributed by atoms with E-state index in [1.807, 2.05) is 13.8 Å². The highest BCUT2D eigenvalue weighted by Gasteiger charge is 2.29. The van der Waals surface area contributed by atoms with E-state index in [0.29, 0.717) is 12.2 Å². The molecule has 2 nitrogen and oxygen atoms in total. The Bertz CT molecular complexity index is 1080. The van der Waals surface area contributed by atoms with Crippen LogP contribution in [0.5, 0.6) is 0 Å². The molecule has 192 valence electrons. The van der Waals surface area contributed by atoms with E-state index in [9.17, 15) is 9.59 Å². The molecule has 5 heteroatoms. The summed E-state index contributed by atoms with van der Waals surface area (Å²) in [7, 11) is 0. The minimum Gasteiger partial charge on any atom is -0.294 e. The van der Waals surface area contributed by atoms with E-state index in [2.05, 4.69) is 104 Å². The van der Waals surface area contributed by atoms with Gasteiger partial charge in [-0.25, -0.2) is 0 Å². The van der Waals surface area contributed by atoms with Crippen LogP contribution in [-0.4, -0.2) is 11.0 Å². The first-order chi connectivity index (χ1) is 16.0. The Balaban J connectivity index is 0.000000247. The van der Waals surface area contributed by atoms with Crippen LogP contribution in [0.3, 0.4) is 0 Å². The molecule has 1 aliphatic rings. The van der Waals surface area contributed by atoms with Crippen LogP contribution in [0.4, 0.5) is 0 Å². The summed E-state index contributed by atoms with van der Waals surface area (Å²) in [6.07, 6.45) is 3.60. The number of rotatable bonds is 5. The largest absolute Gasteiger partial charge is 0.294 e. The number of halogens is 3. The molecule has 2 aromatic rings. The van der Waals surface area contributed by atoms with Crippen molar-refractivity contribution < 1.29 is 9.59 Å². The van der Waals surface area contributed by atoms with Crippen LogP contribution in [0, 0.1) is 22.7 Å². The lowest BCUT2D eigenvalue weighted by Crippen LogP contribution is -2.10. The predicted molar refractivity (Wildman–Crippen MR) is 156 cm³/mol. The van der Waals surface area contributed by atoms with E-state index in [1.54, 1.807) is 0 Å². The van der Waals surface area contributed by atoms with Gasteiger partial charge < -0.3 is 0 Å². The second-order valence-electron chi connectivity index (χ2n) is 12.4. The van der Waals surface area contributed by atoms with Gasteiger partial charge in [-0.05, 0) is 88.6 Å². The molecule has 2 aromatic carbocycles. The molecule has 2 atom stereocenters. The molecule has 2 unspecified atom stereocenters. The van der Waals surface area contributed by atoms with Crippen LogP contribution in [0.25, 0.3) is 0 Å².